The third kappa shape index (κ3) is 17.1. The van der Waals surface area contributed by atoms with Crippen molar-refractivity contribution in [2.75, 3.05) is 0 Å². The molecular formula is C21H50O7Si5. The molecule has 0 aliphatic heterocycles. The highest BCUT2D eigenvalue weighted by atomic mass is 28.4. The van der Waals surface area contributed by atoms with E-state index in [9.17, 15) is 9.59 Å². The third-order valence-electron chi connectivity index (χ3n) is 3.57. The average Bonchev–Trinajstić information content (AvgIpc) is 2.42. The maximum absolute atomic E-state index is 13.4. The lowest BCUT2D eigenvalue weighted by atomic mass is 10.1. The van der Waals surface area contributed by atoms with Crippen LogP contribution in [0.5, 0.6) is 0 Å². The number of hydrogen-bond donors (Lipinski definition) is 0. The zero-order chi connectivity index (χ0) is 26.6. The summed E-state index contributed by atoms with van der Waals surface area (Å²) in [6, 6.07) is 0. The molecule has 0 bridgehead atoms. The van der Waals surface area contributed by atoms with E-state index in [0.717, 1.165) is 0 Å². The first-order valence-corrected chi connectivity index (χ1v) is 28.8. The summed E-state index contributed by atoms with van der Waals surface area (Å²) in [5.41, 5.74) is 0. The Morgan fingerprint density at radius 2 is 0.939 bits per heavy atom. The molecule has 0 unspecified atom stereocenters. The predicted octanol–water partition coefficient (Wildman–Crippen LogP) is 5.79. The van der Waals surface area contributed by atoms with Crippen molar-refractivity contribution in [1.29, 1.82) is 0 Å². The van der Waals surface area contributed by atoms with Crippen molar-refractivity contribution in [3.63, 3.8) is 0 Å². The number of carbonyl (C=O) groups excluding carboxylic acids is 2. The molecule has 0 N–H and O–H groups in total. The molecule has 0 aromatic rings. The summed E-state index contributed by atoms with van der Waals surface area (Å²) >= 11 is 0. The highest BCUT2D eigenvalue weighted by Gasteiger charge is 2.45. The van der Waals surface area contributed by atoms with Gasteiger partial charge >= 0.3 is 5.97 Å². The average molecular weight is 555 g/mol. The molecule has 12 heteroatoms. The Bertz CT molecular complexity index is 652. The molecular weight excluding hydrogens is 505 g/mol. The van der Waals surface area contributed by atoms with Crippen LogP contribution in [0.25, 0.3) is 0 Å². The van der Waals surface area contributed by atoms with Crippen LogP contribution >= 0.6 is 0 Å². The molecule has 0 saturated heterocycles. The quantitative estimate of drug-likeness (QED) is 0.266. The first-order valence-electron chi connectivity index (χ1n) is 11.8. The molecule has 0 fully saturated rings. The fourth-order valence-electron chi connectivity index (χ4n) is 2.96. The van der Waals surface area contributed by atoms with E-state index >= 15 is 0 Å². The van der Waals surface area contributed by atoms with Crippen LogP contribution in [0.4, 0.5) is 0 Å². The van der Waals surface area contributed by atoms with E-state index < -0.39 is 65.9 Å². The van der Waals surface area contributed by atoms with Gasteiger partial charge in [-0.1, -0.05) is 0 Å². The van der Waals surface area contributed by atoms with E-state index in [1.807, 2.05) is 58.9 Å². The van der Waals surface area contributed by atoms with Crippen molar-refractivity contribution in [3.05, 3.63) is 0 Å². The molecule has 0 rings (SSSR count). The van der Waals surface area contributed by atoms with Crippen LogP contribution in [-0.4, -0.2) is 71.8 Å². The summed E-state index contributed by atoms with van der Waals surface area (Å²) in [5, 5.41) is 0. The van der Waals surface area contributed by atoms with Gasteiger partial charge in [-0.25, -0.2) is 0 Å². The van der Waals surface area contributed by atoms with E-state index in [1.54, 1.807) is 0 Å². The minimum atomic E-state index is -2.18. The summed E-state index contributed by atoms with van der Waals surface area (Å²) in [6.45, 7) is 30.2. The molecule has 0 spiro atoms. The SMILES string of the molecule is C[Si](C)(C)OC(=O)C[C@H](O[Si](C)(C)C)[C@@H](O[Si](C)(C)C)[C@@H](O[Si](C)(C)C)C(=O)O[Si](C)(C)C. The number of rotatable bonds is 13. The first-order chi connectivity index (χ1) is 14.3. The Balaban J connectivity index is 6.48. The van der Waals surface area contributed by atoms with Gasteiger partial charge in [-0.15, -0.1) is 0 Å². The van der Waals surface area contributed by atoms with E-state index in [-0.39, 0.29) is 12.4 Å². The van der Waals surface area contributed by atoms with Gasteiger partial charge in [0.1, 0.15) is 6.10 Å². The normalized spacial score (nSPS) is 16.7. The fraction of sp³-hybridized carbons (Fsp3) is 0.905. The third-order valence-corrected chi connectivity index (χ3v) is 8.17. The second kappa shape index (κ2) is 11.8. The summed E-state index contributed by atoms with van der Waals surface area (Å²) < 4.78 is 31.1. The van der Waals surface area contributed by atoms with Gasteiger partial charge in [-0.05, 0) is 98.2 Å². The lowest BCUT2D eigenvalue weighted by Crippen LogP contribution is -2.57. The van der Waals surface area contributed by atoms with Gasteiger partial charge in [0.15, 0.2) is 31.1 Å². The molecule has 33 heavy (non-hydrogen) atoms. The summed E-state index contributed by atoms with van der Waals surface area (Å²) in [7, 11) is -10.7. The molecule has 0 amide bonds. The summed E-state index contributed by atoms with van der Waals surface area (Å²) in [5.74, 6) is -0.755. The minimum Gasteiger partial charge on any atom is -0.520 e. The van der Waals surface area contributed by atoms with Crippen LogP contribution in [0, 0.1) is 0 Å². The van der Waals surface area contributed by atoms with Crippen LogP contribution in [0.2, 0.25) is 98.2 Å². The van der Waals surface area contributed by atoms with E-state index in [4.69, 9.17) is 22.1 Å². The molecule has 3 atom stereocenters. The lowest BCUT2D eigenvalue weighted by molar-refractivity contribution is -0.155. The van der Waals surface area contributed by atoms with Crippen molar-refractivity contribution in [3.8, 4) is 0 Å². The second-order valence-electron chi connectivity index (χ2n) is 13.4. The molecule has 0 radical (unpaired) electrons. The van der Waals surface area contributed by atoms with E-state index in [0.29, 0.717) is 0 Å². The smallest absolute Gasteiger partial charge is 0.323 e. The van der Waals surface area contributed by atoms with Gasteiger partial charge in [0.25, 0.3) is 5.97 Å². The topological polar surface area (TPSA) is 80.3 Å². The largest absolute Gasteiger partial charge is 0.520 e. The van der Waals surface area contributed by atoms with Crippen LogP contribution < -0.4 is 0 Å². The monoisotopic (exact) mass is 554 g/mol. The van der Waals surface area contributed by atoms with Gasteiger partial charge in [0.05, 0.1) is 12.5 Å². The Morgan fingerprint density at radius 3 is 1.27 bits per heavy atom. The van der Waals surface area contributed by atoms with Crippen LogP contribution in [0.3, 0.4) is 0 Å². The fourth-order valence-corrected chi connectivity index (χ4v) is 7.65. The Kier molecular flexibility index (Phi) is 11.7. The first kappa shape index (κ1) is 32.9. The van der Waals surface area contributed by atoms with Gasteiger partial charge in [0.2, 0.25) is 16.6 Å². The summed E-state index contributed by atoms with van der Waals surface area (Å²) in [6.07, 6.45) is -2.37. The molecule has 0 heterocycles. The van der Waals surface area contributed by atoms with Crippen LogP contribution in [-0.2, 0) is 31.7 Å². The van der Waals surface area contributed by atoms with Crippen LogP contribution in [0.1, 0.15) is 6.42 Å². The standard InChI is InChI=1S/C21H50O7Si5/c1-29(2,3)24-17(16-18(22)25-30(4,5)6)19(26-31(7,8)9)20(27-32(10,11)12)21(23)28-33(13,14)15/h17,19-20H,16H2,1-15H3/t17-,19+,20+/m0/s1. The molecule has 0 saturated carbocycles. The maximum atomic E-state index is 13.4. The van der Waals surface area contributed by atoms with Gasteiger partial charge in [-0.2, -0.15) is 0 Å². The van der Waals surface area contributed by atoms with Crippen molar-refractivity contribution < 1.29 is 31.7 Å². The molecule has 0 aliphatic carbocycles. The summed E-state index contributed by atoms with van der Waals surface area (Å²) in [4.78, 5) is 26.3. The highest BCUT2D eigenvalue weighted by Crippen LogP contribution is 2.27. The Labute approximate surface area is 207 Å². The number of carbonyl (C=O) groups is 2. The van der Waals surface area contributed by atoms with Crippen molar-refractivity contribution in [2.24, 2.45) is 0 Å². The molecule has 7 nitrogen and oxygen atoms in total. The van der Waals surface area contributed by atoms with Gasteiger partial charge < -0.3 is 22.1 Å². The second-order valence-corrected chi connectivity index (χ2v) is 35.7. The van der Waals surface area contributed by atoms with E-state index in [2.05, 4.69) is 39.3 Å². The zero-order valence-corrected chi connectivity index (χ0v) is 28.8. The molecule has 0 aromatic heterocycles. The Morgan fingerprint density at radius 1 is 0.545 bits per heavy atom. The Hall–Kier alpha value is -0.0956. The van der Waals surface area contributed by atoms with Crippen molar-refractivity contribution in [1.82, 2.24) is 0 Å². The lowest BCUT2D eigenvalue weighted by Gasteiger charge is -2.41. The predicted molar refractivity (Wildman–Crippen MR) is 148 cm³/mol. The molecule has 196 valence electrons. The molecule has 0 aromatic carbocycles. The highest BCUT2D eigenvalue weighted by molar-refractivity contribution is 6.72. The zero-order valence-electron chi connectivity index (χ0n) is 23.8. The van der Waals surface area contributed by atoms with Gasteiger partial charge in [-0.3, -0.25) is 9.59 Å². The van der Waals surface area contributed by atoms with Gasteiger partial charge in [0, 0.05) is 0 Å². The maximum Gasteiger partial charge on any atom is 0.323 e. The van der Waals surface area contributed by atoms with Crippen molar-refractivity contribution >= 4 is 53.5 Å². The van der Waals surface area contributed by atoms with E-state index in [1.165, 1.54) is 0 Å². The van der Waals surface area contributed by atoms with Crippen LogP contribution in [0.15, 0.2) is 0 Å². The minimum absolute atomic E-state index is 0.00940. The molecule has 0 aliphatic rings. The number of hydrogen-bond acceptors (Lipinski definition) is 7. The van der Waals surface area contributed by atoms with Crippen molar-refractivity contribution in [2.45, 2.75) is 123 Å².